The molecule has 5 heteroatoms. The molecule has 1 aromatic carbocycles. The smallest absolute Gasteiger partial charge is 0.127 e. The fourth-order valence-electron chi connectivity index (χ4n) is 1.99. The van der Waals surface area contributed by atoms with Gasteiger partial charge in [0.15, 0.2) is 0 Å². The molecule has 0 aliphatic heterocycles. The van der Waals surface area contributed by atoms with E-state index in [1.807, 2.05) is 6.92 Å². The molecule has 106 valence electrons. The van der Waals surface area contributed by atoms with Crippen molar-refractivity contribution in [3.05, 3.63) is 29.6 Å². The van der Waals surface area contributed by atoms with Crippen LogP contribution in [-0.2, 0) is 9.47 Å². The second-order valence-electron chi connectivity index (χ2n) is 4.65. The molecule has 0 saturated heterocycles. The van der Waals surface area contributed by atoms with Crippen molar-refractivity contribution < 1.29 is 18.6 Å². The van der Waals surface area contributed by atoms with Crippen molar-refractivity contribution in [3.63, 3.8) is 0 Å². The molecule has 0 heterocycles. The molecule has 0 N–H and O–H groups in total. The summed E-state index contributed by atoms with van der Waals surface area (Å²) in [5.74, 6) is 0.303. The van der Waals surface area contributed by atoms with Gasteiger partial charge in [-0.25, -0.2) is 4.39 Å². The minimum Gasteiger partial charge on any atom is -0.487 e. The molecule has 1 saturated carbocycles. The van der Waals surface area contributed by atoms with Crippen molar-refractivity contribution in [1.82, 2.24) is 0 Å². The summed E-state index contributed by atoms with van der Waals surface area (Å²) in [7, 11) is 1.64. The second kappa shape index (κ2) is 6.68. The van der Waals surface area contributed by atoms with E-state index in [1.54, 1.807) is 13.2 Å². The molecule has 0 radical (unpaired) electrons. The summed E-state index contributed by atoms with van der Waals surface area (Å²) in [4.78, 5) is 0.281. The maximum absolute atomic E-state index is 13.2. The van der Waals surface area contributed by atoms with E-state index >= 15 is 0 Å². The molecule has 0 amide bonds. The van der Waals surface area contributed by atoms with Crippen molar-refractivity contribution in [2.24, 2.45) is 0 Å². The zero-order chi connectivity index (χ0) is 13.8. The Morgan fingerprint density at radius 3 is 2.84 bits per heavy atom. The predicted octanol–water partition coefficient (Wildman–Crippen LogP) is 3.08. The van der Waals surface area contributed by atoms with Crippen LogP contribution in [0.4, 0.5) is 4.39 Å². The van der Waals surface area contributed by atoms with E-state index in [9.17, 15) is 4.39 Å². The molecule has 19 heavy (non-hydrogen) atoms. The molecular formula is C14H18BrFO3. The SMILES string of the molecule is COCCOC1C(Br)CC1Oc1cc(F)ccc1C. The van der Waals surface area contributed by atoms with E-state index < -0.39 is 0 Å². The molecule has 0 bridgehead atoms. The van der Waals surface area contributed by atoms with Crippen LogP contribution in [0.2, 0.25) is 0 Å². The lowest BCUT2D eigenvalue weighted by molar-refractivity contribution is -0.0867. The summed E-state index contributed by atoms with van der Waals surface area (Å²) in [5, 5.41) is 0. The van der Waals surface area contributed by atoms with Crippen LogP contribution >= 0.6 is 15.9 Å². The number of aryl methyl sites for hydroxylation is 1. The summed E-state index contributed by atoms with van der Waals surface area (Å²) in [6, 6.07) is 4.57. The number of methoxy groups -OCH3 is 1. The molecule has 0 aromatic heterocycles. The number of ether oxygens (including phenoxy) is 3. The van der Waals surface area contributed by atoms with Crippen molar-refractivity contribution in [3.8, 4) is 5.75 Å². The second-order valence-corrected chi connectivity index (χ2v) is 5.82. The lowest BCUT2D eigenvalue weighted by Crippen LogP contribution is -2.52. The third-order valence-electron chi connectivity index (χ3n) is 3.21. The largest absolute Gasteiger partial charge is 0.487 e. The van der Waals surface area contributed by atoms with Gasteiger partial charge >= 0.3 is 0 Å². The molecule has 1 fully saturated rings. The van der Waals surface area contributed by atoms with Crippen LogP contribution in [0, 0.1) is 12.7 Å². The molecule has 3 nitrogen and oxygen atoms in total. The third-order valence-corrected chi connectivity index (χ3v) is 4.10. The van der Waals surface area contributed by atoms with Crippen molar-refractivity contribution in [1.29, 1.82) is 0 Å². The fourth-order valence-corrected chi connectivity index (χ4v) is 2.85. The van der Waals surface area contributed by atoms with E-state index in [-0.39, 0.29) is 22.9 Å². The van der Waals surface area contributed by atoms with E-state index in [1.165, 1.54) is 12.1 Å². The molecule has 2 rings (SSSR count). The van der Waals surface area contributed by atoms with Gasteiger partial charge in [-0.3, -0.25) is 0 Å². The highest BCUT2D eigenvalue weighted by molar-refractivity contribution is 9.09. The van der Waals surface area contributed by atoms with E-state index in [4.69, 9.17) is 14.2 Å². The van der Waals surface area contributed by atoms with Gasteiger partial charge in [0.25, 0.3) is 0 Å². The van der Waals surface area contributed by atoms with Crippen LogP contribution < -0.4 is 4.74 Å². The molecule has 3 unspecified atom stereocenters. The van der Waals surface area contributed by atoms with Gasteiger partial charge in [-0.15, -0.1) is 0 Å². The zero-order valence-corrected chi connectivity index (χ0v) is 12.7. The Kier molecular flexibility index (Phi) is 5.19. The van der Waals surface area contributed by atoms with Crippen LogP contribution in [0.25, 0.3) is 0 Å². The van der Waals surface area contributed by atoms with Gasteiger partial charge in [0, 0.05) is 24.4 Å². The van der Waals surface area contributed by atoms with Gasteiger partial charge in [-0.2, -0.15) is 0 Å². The Morgan fingerprint density at radius 2 is 2.16 bits per heavy atom. The Hall–Kier alpha value is -0.650. The van der Waals surface area contributed by atoms with E-state index in [0.717, 1.165) is 12.0 Å². The average Bonchev–Trinajstić information content (AvgIpc) is 2.38. The lowest BCUT2D eigenvalue weighted by Gasteiger charge is -2.41. The van der Waals surface area contributed by atoms with Crippen molar-refractivity contribution in [2.75, 3.05) is 20.3 Å². The minimum atomic E-state index is -0.285. The van der Waals surface area contributed by atoms with Gasteiger partial charge in [-0.1, -0.05) is 22.0 Å². The Morgan fingerprint density at radius 1 is 1.37 bits per heavy atom. The minimum absolute atomic E-state index is 0.0159. The zero-order valence-electron chi connectivity index (χ0n) is 11.1. The number of rotatable bonds is 6. The Labute approximate surface area is 121 Å². The summed E-state index contributed by atoms with van der Waals surface area (Å²) >= 11 is 3.55. The van der Waals surface area contributed by atoms with Crippen molar-refractivity contribution in [2.45, 2.75) is 30.4 Å². The van der Waals surface area contributed by atoms with Crippen LogP contribution in [0.15, 0.2) is 18.2 Å². The standard InChI is InChI=1S/C14H18BrFO3/c1-9-3-4-10(16)7-12(9)19-13-8-11(15)14(13)18-6-5-17-2/h3-4,7,11,13-14H,5-6,8H2,1-2H3. The van der Waals surface area contributed by atoms with Gasteiger partial charge in [-0.05, 0) is 18.6 Å². The van der Waals surface area contributed by atoms with E-state index in [0.29, 0.717) is 19.0 Å². The van der Waals surface area contributed by atoms with Gasteiger partial charge in [0.1, 0.15) is 23.8 Å². The normalized spacial score (nSPS) is 26.0. The average molecular weight is 333 g/mol. The maximum atomic E-state index is 13.2. The highest BCUT2D eigenvalue weighted by Crippen LogP contribution is 2.35. The van der Waals surface area contributed by atoms with E-state index in [2.05, 4.69) is 15.9 Å². The third kappa shape index (κ3) is 3.68. The van der Waals surface area contributed by atoms with Crippen LogP contribution in [-0.4, -0.2) is 37.4 Å². The number of hydrogen-bond acceptors (Lipinski definition) is 3. The quantitative estimate of drug-likeness (QED) is 0.592. The topological polar surface area (TPSA) is 27.7 Å². The molecule has 1 aliphatic rings. The first-order valence-corrected chi connectivity index (χ1v) is 7.21. The highest BCUT2D eigenvalue weighted by Gasteiger charge is 2.42. The summed E-state index contributed by atoms with van der Waals surface area (Å²) < 4.78 is 29.7. The first-order valence-electron chi connectivity index (χ1n) is 6.29. The fraction of sp³-hybridized carbons (Fsp3) is 0.571. The number of hydrogen-bond donors (Lipinski definition) is 0. The lowest BCUT2D eigenvalue weighted by atomic mass is 9.91. The molecule has 0 spiro atoms. The summed E-state index contributed by atoms with van der Waals surface area (Å²) in [5.41, 5.74) is 0.926. The van der Waals surface area contributed by atoms with Crippen LogP contribution in [0.1, 0.15) is 12.0 Å². The molecule has 3 atom stereocenters. The summed E-state index contributed by atoms with van der Waals surface area (Å²) in [6.07, 6.45) is 0.799. The van der Waals surface area contributed by atoms with Crippen molar-refractivity contribution >= 4 is 15.9 Å². The number of alkyl halides is 1. The Balaban J connectivity index is 1.93. The number of halogens is 2. The summed E-state index contributed by atoms with van der Waals surface area (Å²) in [6.45, 7) is 2.99. The molecule has 1 aliphatic carbocycles. The van der Waals surface area contributed by atoms with Gasteiger partial charge in [0.2, 0.25) is 0 Å². The highest BCUT2D eigenvalue weighted by atomic mass is 79.9. The molecule has 1 aromatic rings. The first kappa shape index (κ1) is 14.8. The monoisotopic (exact) mass is 332 g/mol. The van der Waals surface area contributed by atoms with Crippen LogP contribution in [0.5, 0.6) is 5.75 Å². The van der Waals surface area contributed by atoms with Crippen LogP contribution in [0.3, 0.4) is 0 Å². The van der Waals surface area contributed by atoms with Gasteiger partial charge < -0.3 is 14.2 Å². The number of benzene rings is 1. The van der Waals surface area contributed by atoms with Gasteiger partial charge in [0.05, 0.1) is 13.2 Å². The Bertz CT molecular complexity index is 427. The predicted molar refractivity (Wildman–Crippen MR) is 74.5 cm³/mol. The first-order chi connectivity index (χ1) is 9.11. The molecular weight excluding hydrogens is 315 g/mol. The maximum Gasteiger partial charge on any atom is 0.127 e.